The lowest BCUT2D eigenvalue weighted by atomic mass is 10.0. The second kappa shape index (κ2) is 5.38. The zero-order valence-electron chi connectivity index (χ0n) is 10.2. The molecule has 2 rings (SSSR count). The number of aromatic nitrogens is 1. The summed E-state index contributed by atoms with van der Waals surface area (Å²) < 4.78 is 5.25. The lowest BCUT2D eigenvalue weighted by Gasteiger charge is -2.15. The number of aliphatic hydroxyl groups excluding tert-OH is 1. The van der Waals surface area contributed by atoms with Gasteiger partial charge in [-0.2, -0.15) is 0 Å². The molecule has 0 spiro atoms. The number of ether oxygens (including phenoxy) is 1. The van der Waals surface area contributed by atoms with Gasteiger partial charge in [0, 0.05) is 11.8 Å². The molecular weight excluding hydrogens is 250 g/mol. The zero-order valence-corrected chi connectivity index (χ0v) is 11.0. The molecule has 0 aliphatic carbocycles. The quantitative estimate of drug-likeness (QED) is 0.925. The van der Waals surface area contributed by atoms with Crippen molar-refractivity contribution in [1.29, 1.82) is 0 Å². The summed E-state index contributed by atoms with van der Waals surface area (Å²) in [6.07, 6.45) is 0.694. The minimum atomic E-state index is -0.822. The van der Waals surface area contributed by atoms with Crippen molar-refractivity contribution >= 4 is 11.6 Å². The van der Waals surface area contributed by atoms with Crippen molar-refractivity contribution in [3.05, 3.63) is 58.4 Å². The Hall–Kier alpha value is -1.58. The van der Waals surface area contributed by atoms with E-state index in [1.165, 1.54) is 6.20 Å². The molecule has 0 amide bonds. The molecule has 1 N–H and O–H groups in total. The monoisotopic (exact) mass is 263 g/mol. The summed E-state index contributed by atoms with van der Waals surface area (Å²) in [7, 11) is 1.58. The predicted octanol–water partition coefficient (Wildman–Crippen LogP) is 3.13. The van der Waals surface area contributed by atoms with Crippen LogP contribution < -0.4 is 4.74 Å². The van der Waals surface area contributed by atoms with E-state index in [1.807, 2.05) is 25.1 Å². The van der Waals surface area contributed by atoms with Gasteiger partial charge in [-0.3, -0.25) is 4.98 Å². The van der Waals surface area contributed by atoms with Crippen molar-refractivity contribution in [3.63, 3.8) is 0 Å². The van der Waals surface area contributed by atoms with E-state index in [2.05, 4.69) is 4.98 Å². The Bertz CT molecular complexity index is 540. The fourth-order valence-corrected chi connectivity index (χ4v) is 1.89. The molecule has 0 saturated carbocycles. The molecule has 4 heteroatoms. The van der Waals surface area contributed by atoms with Crippen molar-refractivity contribution in [3.8, 4) is 5.75 Å². The molecule has 1 aromatic carbocycles. The van der Waals surface area contributed by atoms with Crippen LogP contribution in [0.4, 0.5) is 0 Å². The number of nitrogens with zero attached hydrogens (tertiary/aromatic N) is 1. The number of rotatable bonds is 3. The van der Waals surface area contributed by atoms with E-state index < -0.39 is 6.10 Å². The van der Waals surface area contributed by atoms with Crippen LogP contribution in [0.2, 0.25) is 5.02 Å². The van der Waals surface area contributed by atoms with Crippen LogP contribution in [0.3, 0.4) is 0 Å². The van der Waals surface area contributed by atoms with Gasteiger partial charge in [-0.1, -0.05) is 23.2 Å². The molecule has 94 valence electrons. The first-order valence-corrected chi connectivity index (χ1v) is 5.93. The van der Waals surface area contributed by atoms with Crippen molar-refractivity contribution in [2.75, 3.05) is 7.11 Å². The third-order valence-electron chi connectivity index (χ3n) is 2.71. The van der Waals surface area contributed by atoms with Gasteiger partial charge in [0.25, 0.3) is 0 Å². The Labute approximate surface area is 111 Å². The highest BCUT2D eigenvalue weighted by Gasteiger charge is 2.16. The predicted molar refractivity (Wildman–Crippen MR) is 71.0 cm³/mol. The lowest BCUT2D eigenvalue weighted by molar-refractivity contribution is 0.210. The van der Waals surface area contributed by atoms with Crippen LogP contribution in [0.5, 0.6) is 5.75 Å². The molecule has 2 aromatic rings. The molecule has 18 heavy (non-hydrogen) atoms. The summed E-state index contributed by atoms with van der Waals surface area (Å²) in [5.74, 6) is 0.643. The molecule has 0 aliphatic heterocycles. The van der Waals surface area contributed by atoms with Gasteiger partial charge in [-0.05, 0) is 31.2 Å². The molecule has 1 heterocycles. The standard InChI is InChI=1S/C14H14ClNO2/c1-9-3-6-13(18-2)11(7-9)14(17)12-5-4-10(15)8-16-12/h3-8,14,17H,1-2H3. The maximum Gasteiger partial charge on any atom is 0.125 e. The van der Waals surface area contributed by atoms with Crippen LogP contribution in [-0.4, -0.2) is 17.2 Å². The maximum absolute atomic E-state index is 10.3. The summed E-state index contributed by atoms with van der Waals surface area (Å²) in [6, 6.07) is 9.07. The Morgan fingerprint density at radius 3 is 2.67 bits per heavy atom. The van der Waals surface area contributed by atoms with E-state index in [1.54, 1.807) is 19.2 Å². The first kappa shape index (κ1) is 12.9. The van der Waals surface area contributed by atoms with Crippen LogP contribution in [0.1, 0.15) is 22.9 Å². The van der Waals surface area contributed by atoms with Gasteiger partial charge in [0.05, 0.1) is 17.8 Å². The molecule has 1 aromatic heterocycles. The number of aryl methyl sites for hydroxylation is 1. The van der Waals surface area contributed by atoms with E-state index in [-0.39, 0.29) is 0 Å². The van der Waals surface area contributed by atoms with Crippen LogP contribution >= 0.6 is 11.6 Å². The molecule has 0 fully saturated rings. The van der Waals surface area contributed by atoms with Crippen LogP contribution in [-0.2, 0) is 0 Å². The van der Waals surface area contributed by atoms with Gasteiger partial charge in [0.2, 0.25) is 0 Å². The largest absolute Gasteiger partial charge is 0.496 e. The molecule has 0 radical (unpaired) electrons. The third-order valence-corrected chi connectivity index (χ3v) is 2.93. The summed E-state index contributed by atoms with van der Waals surface area (Å²) >= 11 is 5.78. The highest BCUT2D eigenvalue weighted by Crippen LogP contribution is 2.30. The van der Waals surface area contributed by atoms with Gasteiger partial charge in [-0.25, -0.2) is 0 Å². The fraction of sp³-hybridized carbons (Fsp3) is 0.214. The smallest absolute Gasteiger partial charge is 0.125 e. The molecule has 1 unspecified atom stereocenters. The number of halogens is 1. The maximum atomic E-state index is 10.3. The van der Waals surface area contributed by atoms with Gasteiger partial charge < -0.3 is 9.84 Å². The average molecular weight is 264 g/mol. The molecule has 1 atom stereocenters. The Kier molecular flexibility index (Phi) is 3.84. The van der Waals surface area contributed by atoms with E-state index in [9.17, 15) is 5.11 Å². The average Bonchev–Trinajstić information content (AvgIpc) is 2.39. The number of pyridine rings is 1. The summed E-state index contributed by atoms with van der Waals surface area (Å²) in [6.45, 7) is 1.96. The first-order chi connectivity index (χ1) is 8.61. The highest BCUT2D eigenvalue weighted by atomic mass is 35.5. The number of hydrogen-bond donors (Lipinski definition) is 1. The van der Waals surface area contributed by atoms with Gasteiger partial charge in [0.1, 0.15) is 11.9 Å². The molecule has 0 saturated heterocycles. The molecule has 3 nitrogen and oxygen atoms in total. The third kappa shape index (κ3) is 2.63. The van der Waals surface area contributed by atoms with Crippen molar-refractivity contribution in [2.24, 2.45) is 0 Å². The minimum absolute atomic E-state index is 0.544. The van der Waals surface area contributed by atoms with Crippen molar-refractivity contribution in [1.82, 2.24) is 4.98 Å². The van der Waals surface area contributed by atoms with E-state index >= 15 is 0 Å². The summed E-state index contributed by atoms with van der Waals surface area (Å²) in [4.78, 5) is 4.12. The Balaban J connectivity index is 2.41. The molecular formula is C14H14ClNO2. The first-order valence-electron chi connectivity index (χ1n) is 5.56. The molecule has 0 bridgehead atoms. The second-order valence-electron chi connectivity index (χ2n) is 4.05. The minimum Gasteiger partial charge on any atom is -0.496 e. The SMILES string of the molecule is COc1ccc(C)cc1C(O)c1ccc(Cl)cn1. The van der Waals surface area contributed by atoms with Crippen LogP contribution in [0, 0.1) is 6.92 Å². The number of methoxy groups -OCH3 is 1. The van der Waals surface area contributed by atoms with Crippen LogP contribution in [0.25, 0.3) is 0 Å². The van der Waals surface area contributed by atoms with Gasteiger partial charge in [0.15, 0.2) is 0 Å². The second-order valence-corrected chi connectivity index (χ2v) is 4.49. The van der Waals surface area contributed by atoms with E-state index in [4.69, 9.17) is 16.3 Å². The fourth-order valence-electron chi connectivity index (χ4n) is 1.78. The van der Waals surface area contributed by atoms with Crippen molar-refractivity contribution in [2.45, 2.75) is 13.0 Å². The van der Waals surface area contributed by atoms with Crippen LogP contribution in [0.15, 0.2) is 36.5 Å². The zero-order chi connectivity index (χ0) is 13.1. The normalized spacial score (nSPS) is 12.2. The van der Waals surface area contributed by atoms with Crippen molar-refractivity contribution < 1.29 is 9.84 Å². The molecule has 0 aliphatic rings. The van der Waals surface area contributed by atoms with Gasteiger partial charge >= 0.3 is 0 Å². The number of hydrogen-bond acceptors (Lipinski definition) is 3. The Morgan fingerprint density at radius 2 is 2.06 bits per heavy atom. The highest BCUT2D eigenvalue weighted by molar-refractivity contribution is 6.30. The summed E-state index contributed by atoms with van der Waals surface area (Å²) in [5.41, 5.74) is 2.30. The number of aliphatic hydroxyl groups is 1. The Morgan fingerprint density at radius 1 is 1.28 bits per heavy atom. The number of benzene rings is 1. The lowest BCUT2D eigenvalue weighted by Crippen LogP contribution is -2.04. The van der Waals surface area contributed by atoms with E-state index in [0.29, 0.717) is 22.0 Å². The van der Waals surface area contributed by atoms with E-state index in [0.717, 1.165) is 5.56 Å². The van der Waals surface area contributed by atoms with Gasteiger partial charge in [-0.15, -0.1) is 0 Å². The topological polar surface area (TPSA) is 42.4 Å². The summed E-state index contributed by atoms with van der Waals surface area (Å²) in [5, 5.41) is 10.9.